The maximum atomic E-state index is 5.76. The third kappa shape index (κ3) is 3.48. The minimum Gasteiger partial charge on any atom is -0.383 e. The van der Waals surface area contributed by atoms with Crippen LogP contribution in [0.4, 0.5) is 0 Å². The molecule has 0 N–H and O–H groups in total. The van der Waals surface area contributed by atoms with Crippen LogP contribution in [0, 0.1) is 5.92 Å². The number of fused-ring (bicyclic) bond motifs is 1. The van der Waals surface area contributed by atoms with Gasteiger partial charge in [0.2, 0.25) is 0 Å². The van der Waals surface area contributed by atoms with Crippen molar-refractivity contribution in [2.24, 2.45) is 5.92 Å². The predicted octanol–water partition coefficient (Wildman–Crippen LogP) is 1.92. The Morgan fingerprint density at radius 1 is 1.33 bits per heavy atom. The lowest BCUT2D eigenvalue weighted by molar-refractivity contribution is -0.0245. The molecular formula is C16H26N2O2S. The number of likely N-dealkylation sites (tertiary alicyclic amines) is 2. The van der Waals surface area contributed by atoms with Gasteiger partial charge in [0.15, 0.2) is 0 Å². The predicted molar refractivity (Wildman–Crippen MR) is 85.7 cm³/mol. The molecule has 1 aromatic rings. The highest BCUT2D eigenvalue weighted by atomic mass is 32.1. The van der Waals surface area contributed by atoms with E-state index in [1.807, 2.05) is 7.11 Å². The van der Waals surface area contributed by atoms with Crippen LogP contribution in [0.1, 0.15) is 12.0 Å². The van der Waals surface area contributed by atoms with Crippen LogP contribution in [0.25, 0.3) is 0 Å². The molecule has 0 amide bonds. The maximum absolute atomic E-state index is 5.76. The first kappa shape index (κ1) is 15.4. The van der Waals surface area contributed by atoms with Crippen LogP contribution in [0.2, 0.25) is 0 Å². The topological polar surface area (TPSA) is 24.9 Å². The second-order valence-corrected chi connectivity index (χ2v) is 6.93. The number of ether oxygens (including phenoxy) is 2. The largest absolute Gasteiger partial charge is 0.383 e. The summed E-state index contributed by atoms with van der Waals surface area (Å²) in [4.78, 5) is 5.20. The van der Waals surface area contributed by atoms with Gasteiger partial charge < -0.3 is 9.47 Å². The Hall–Kier alpha value is -0.460. The van der Waals surface area contributed by atoms with Crippen molar-refractivity contribution >= 4 is 11.3 Å². The Kier molecular flexibility index (Phi) is 5.29. The summed E-state index contributed by atoms with van der Waals surface area (Å²) in [5.41, 5.74) is 1.45. The highest BCUT2D eigenvalue weighted by Crippen LogP contribution is 2.33. The molecule has 0 saturated carbocycles. The van der Waals surface area contributed by atoms with E-state index in [1.54, 1.807) is 18.4 Å². The van der Waals surface area contributed by atoms with Gasteiger partial charge in [0.05, 0.1) is 12.7 Å². The molecule has 2 saturated heterocycles. The fourth-order valence-electron chi connectivity index (χ4n) is 3.83. The molecule has 118 valence electrons. The number of thiophene rings is 1. The molecule has 0 bridgehead atoms. The second kappa shape index (κ2) is 7.20. The Morgan fingerprint density at radius 3 is 2.95 bits per heavy atom. The standard InChI is InChI=1S/C16H26N2O2S/c1-19-7-6-17-10-14-15(11-17)18(5-3-16(14)20-2)9-13-4-8-21-12-13/h4,8,12,14-16H,3,5-7,9-11H2,1-2H3/t14-,15+,16-/m1/s1. The van der Waals surface area contributed by atoms with Crippen LogP contribution in [0.15, 0.2) is 16.8 Å². The van der Waals surface area contributed by atoms with Crippen LogP contribution < -0.4 is 0 Å². The zero-order valence-electron chi connectivity index (χ0n) is 13.0. The monoisotopic (exact) mass is 310 g/mol. The second-order valence-electron chi connectivity index (χ2n) is 6.15. The Labute approximate surface area is 131 Å². The van der Waals surface area contributed by atoms with Crippen molar-refractivity contribution in [1.29, 1.82) is 0 Å². The van der Waals surface area contributed by atoms with Crippen LogP contribution >= 0.6 is 11.3 Å². The molecule has 0 radical (unpaired) electrons. The van der Waals surface area contributed by atoms with Crippen molar-refractivity contribution < 1.29 is 9.47 Å². The van der Waals surface area contributed by atoms with Crippen molar-refractivity contribution in [3.05, 3.63) is 22.4 Å². The molecule has 3 atom stereocenters. The van der Waals surface area contributed by atoms with E-state index in [4.69, 9.17) is 9.47 Å². The van der Waals surface area contributed by atoms with Crippen LogP contribution in [-0.2, 0) is 16.0 Å². The molecule has 5 heteroatoms. The van der Waals surface area contributed by atoms with E-state index in [0.717, 1.165) is 45.8 Å². The molecule has 2 fully saturated rings. The van der Waals surface area contributed by atoms with Gasteiger partial charge in [-0.1, -0.05) is 0 Å². The van der Waals surface area contributed by atoms with E-state index in [2.05, 4.69) is 26.6 Å². The van der Waals surface area contributed by atoms with Gasteiger partial charge in [0.1, 0.15) is 0 Å². The Bertz CT molecular complexity index is 426. The Morgan fingerprint density at radius 2 is 2.24 bits per heavy atom. The van der Waals surface area contributed by atoms with Gasteiger partial charge in [-0.25, -0.2) is 0 Å². The molecule has 2 aliphatic heterocycles. The van der Waals surface area contributed by atoms with Crippen molar-refractivity contribution in [2.45, 2.75) is 25.1 Å². The number of hydrogen-bond acceptors (Lipinski definition) is 5. The number of hydrogen-bond donors (Lipinski definition) is 0. The van der Waals surface area contributed by atoms with Gasteiger partial charge in [-0.15, -0.1) is 0 Å². The van der Waals surface area contributed by atoms with E-state index in [0.29, 0.717) is 18.1 Å². The lowest BCUT2D eigenvalue weighted by Crippen LogP contribution is -2.50. The van der Waals surface area contributed by atoms with Crippen molar-refractivity contribution in [3.63, 3.8) is 0 Å². The molecular weight excluding hydrogens is 284 g/mol. The molecule has 4 nitrogen and oxygen atoms in total. The first-order valence-corrected chi connectivity index (χ1v) is 8.75. The number of piperidine rings is 1. The summed E-state index contributed by atoms with van der Waals surface area (Å²) in [5, 5.41) is 4.45. The molecule has 0 spiro atoms. The summed E-state index contributed by atoms with van der Waals surface area (Å²) in [5.74, 6) is 0.638. The highest BCUT2D eigenvalue weighted by Gasteiger charge is 2.44. The zero-order chi connectivity index (χ0) is 14.7. The van der Waals surface area contributed by atoms with Gasteiger partial charge >= 0.3 is 0 Å². The van der Waals surface area contributed by atoms with Gasteiger partial charge in [-0.05, 0) is 28.8 Å². The Balaban J connectivity index is 1.66. The van der Waals surface area contributed by atoms with E-state index < -0.39 is 0 Å². The van der Waals surface area contributed by atoms with Crippen molar-refractivity contribution in [2.75, 3.05) is 47.0 Å². The van der Waals surface area contributed by atoms with Crippen molar-refractivity contribution in [1.82, 2.24) is 9.80 Å². The molecule has 1 aromatic heterocycles. The summed E-state index contributed by atoms with van der Waals surface area (Å²) in [6, 6.07) is 2.88. The smallest absolute Gasteiger partial charge is 0.0639 e. The summed E-state index contributed by atoms with van der Waals surface area (Å²) < 4.78 is 11.0. The zero-order valence-corrected chi connectivity index (χ0v) is 13.8. The van der Waals surface area contributed by atoms with Gasteiger partial charge in [0.25, 0.3) is 0 Å². The first-order chi connectivity index (χ1) is 10.3. The number of methoxy groups -OCH3 is 2. The van der Waals surface area contributed by atoms with E-state index in [1.165, 1.54) is 5.56 Å². The van der Waals surface area contributed by atoms with E-state index in [9.17, 15) is 0 Å². The van der Waals surface area contributed by atoms with Crippen LogP contribution in [0.3, 0.4) is 0 Å². The fourth-order valence-corrected chi connectivity index (χ4v) is 4.49. The van der Waals surface area contributed by atoms with Crippen molar-refractivity contribution in [3.8, 4) is 0 Å². The molecule has 0 unspecified atom stereocenters. The first-order valence-electron chi connectivity index (χ1n) is 7.81. The minimum absolute atomic E-state index is 0.418. The SMILES string of the molecule is COCCN1C[C@H]2[C@H](OC)CCN(Cc3ccsc3)[C@H]2C1. The molecule has 0 aromatic carbocycles. The number of nitrogens with zero attached hydrogens (tertiary/aromatic N) is 2. The quantitative estimate of drug-likeness (QED) is 0.801. The molecule has 21 heavy (non-hydrogen) atoms. The lowest BCUT2D eigenvalue weighted by atomic mass is 9.89. The average Bonchev–Trinajstić information content (AvgIpc) is 3.14. The lowest BCUT2D eigenvalue weighted by Gasteiger charge is -2.41. The van der Waals surface area contributed by atoms with Crippen LogP contribution in [0.5, 0.6) is 0 Å². The molecule has 0 aliphatic carbocycles. The average molecular weight is 310 g/mol. The summed E-state index contributed by atoms with van der Waals surface area (Å²) in [7, 11) is 3.65. The molecule has 3 rings (SSSR count). The summed E-state index contributed by atoms with van der Waals surface area (Å²) >= 11 is 1.79. The fraction of sp³-hybridized carbons (Fsp3) is 0.750. The third-order valence-electron chi connectivity index (χ3n) is 4.94. The highest BCUT2D eigenvalue weighted by molar-refractivity contribution is 7.07. The van der Waals surface area contributed by atoms with Crippen LogP contribution in [-0.4, -0.2) is 69.0 Å². The summed E-state index contributed by atoms with van der Waals surface area (Å²) in [6.07, 6.45) is 1.57. The number of rotatable bonds is 6. The van der Waals surface area contributed by atoms with E-state index in [-0.39, 0.29) is 0 Å². The maximum Gasteiger partial charge on any atom is 0.0639 e. The normalized spacial score (nSPS) is 30.7. The van der Waals surface area contributed by atoms with Gasteiger partial charge in [-0.2, -0.15) is 11.3 Å². The summed E-state index contributed by atoms with van der Waals surface area (Å²) in [6.45, 7) is 6.38. The molecule has 3 heterocycles. The third-order valence-corrected chi connectivity index (χ3v) is 5.67. The molecule has 2 aliphatic rings. The minimum atomic E-state index is 0.418. The van der Waals surface area contributed by atoms with Gasteiger partial charge in [-0.3, -0.25) is 9.80 Å². The van der Waals surface area contributed by atoms with Gasteiger partial charge in [0, 0.05) is 58.9 Å². The van der Waals surface area contributed by atoms with E-state index >= 15 is 0 Å².